The van der Waals surface area contributed by atoms with Crippen molar-refractivity contribution in [2.75, 3.05) is 19.0 Å². The summed E-state index contributed by atoms with van der Waals surface area (Å²) < 4.78 is 10.6. The van der Waals surface area contributed by atoms with E-state index < -0.39 is 40.6 Å². The molecule has 35 heavy (non-hydrogen) atoms. The van der Waals surface area contributed by atoms with Gasteiger partial charge in [0.2, 0.25) is 5.78 Å². The number of aromatic amines is 1. The number of H-pyrrole nitrogens is 1. The summed E-state index contributed by atoms with van der Waals surface area (Å²) in [7, 11) is 0.942. The van der Waals surface area contributed by atoms with Crippen LogP contribution in [-0.2, 0) is 23.9 Å². The van der Waals surface area contributed by atoms with Gasteiger partial charge in [0.25, 0.3) is 17.2 Å². The molecule has 0 saturated carbocycles. The fourth-order valence-electron chi connectivity index (χ4n) is 3.33. The molecule has 11 nitrogen and oxygen atoms in total. The number of methoxy groups -OCH3 is 1. The van der Waals surface area contributed by atoms with Gasteiger partial charge in [-0.05, 0) is 37.3 Å². The molecule has 0 aliphatic heterocycles. The van der Waals surface area contributed by atoms with E-state index >= 15 is 0 Å². The van der Waals surface area contributed by atoms with Gasteiger partial charge in [0.05, 0.1) is 35.0 Å². The molecule has 0 saturated heterocycles. The third-order valence-electron chi connectivity index (χ3n) is 4.93. The quantitative estimate of drug-likeness (QED) is 0.212. The van der Waals surface area contributed by atoms with Gasteiger partial charge >= 0.3 is 5.97 Å². The Balaban J connectivity index is 1.68. The van der Waals surface area contributed by atoms with E-state index in [2.05, 4.69) is 25.0 Å². The van der Waals surface area contributed by atoms with Gasteiger partial charge in [-0.3, -0.25) is 24.5 Å². The van der Waals surface area contributed by atoms with E-state index in [-0.39, 0.29) is 10.6 Å². The second kappa shape index (κ2) is 9.81. The number of amides is 1. The maximum atomic E-state index is 13.1. The lowest BCUT2D eigenvalue weighted by Crippen LogP contribution is -2.39. The van der Waals surface area contributed by atoms with E-state index in [0.717, 1.165) is 18.4 Å². The topological polar surface area (TPSA) is 157 Å². The van der Waals surface area contributed by atoms with Crippen molar-refractivity contribution < 1.29 is 28.7 Å². The zero-order valence-electron chi connectivity index (χ0n) is 18.5. The highest BCUT2D eigenvalue weighted by molar-refractivity contribution is 7.22. The molecule has 12 heteroatoms. The molecule has 0 radical (unpaired) electrons. The first-order chi connectivity index (χ1) is 16.8. The molecule has 2 heterocycles. The van der Waals surface area contributed by atoms with Gasteiger partial charge in [0, 0.05) is 0 Å². The number of esters is 1. The molecular formula is C23H18N4O7S. The second-order valence-electron chi connectivity index (χ2n) is 7.16. The summed E-state index contributed by atoms with van der Waals surface area (Å²) in [6.45, 7) is 2.32. The number of ether oxygens (including phenoxy) is 2. The molecule has 178 valence electrons. The standard InChI is InChI=1S/C23H18N4O7S/c1-3-34-11-8-9-14-15(10-11)35-23(26-14)27-21(31)18(28)16(19(29)22(32)33-2)17-20(30)25-13-7-5-4-6-12(13)24-17/h4-10,16H,3H2,1-2H3,(H,25,30)(H,26,27,31)/t16-/m1/s1. The van der Waals surface area contributed by atoms with Crippen LogP contribution in [0.5, 0.6) is 5.75 Å². The van der Waals surface area contributed by atoms with Crippen LogP contribution in [0.1, 0.15) is 18.5 Å². The fraction of sp³-hybridized carbons (Fsp3) is 0.174. The van der Waals surface area contributed by atoms with Gasteiger partial charge in [-0.25, -0.2) is 14.8 Å². The molecular weight excluding hydrogens is 476 g/mol. The highest BCUT2D eigenvalue weighted by Crippen LogP contribution is 2.29. The number of anilines is 1. The summed E-state index contributed by atoms with van der Waals surface area (Å²) in [6.07, 6.45) is 0. The Morgan fingerprint density at radius 2 is 1.83 bits per heavy atom. The van der Waals surface area contributed by atoms with Crippen molar-refractivity contribution in [2.45, 2.75) is 12.8 Å². The number of aromatic nitrogens is 3. The van der Waals surface area contributed by atoms with Crippen LogP contribution in [0.4, 0.5) is 5.13 Å². The number of thiazole rings is 1. The van der Waals surface area contributed by atoms with Crippen LogP contribution >= 0.6 is 11.3 Å². The number of Topliss-reactive ketones (excluding diaryl/α,β-unsaturated/α-hetero) is 2. The highest BCUT2D eigenvalue weighted by atomic mass is 32.1. The fourth-order valence-corrected chi connectivity index (χ4v) is 4.22. The number of fused-ring (bicyclic) bond motifs is 2. The van der Waals surface area contributed by atoms with Gasteiger partial charge in [-0.15, -0.1) is 0 Å². The normalized spacial score (nSPS) is 11.7. The van der Waals surface area contributed by atoms with Gasteiger partial charge in [0.1, 0.15) is 17.4 Å². The monoisotopic (exact) mass is 494 g/mol. The lowest BCUT2D eigenvalue weighted by atomic mass is 9.94. The van der Waals surface area contributed by atoms with Crippen molar-refractivity contribution >= 4 is 61.2 Å². The lowest BCUT2D eigenvalue weighted by molar-refractivity contribution is -0.154. The Morgan fingerprint density at radius 1 is 1.06 bits per heavy atom. The average Bonchev–Trinajstić information content (AvgIpc) is 3.25. The van der Waals surface area contributed by atoms with Crippen LogP contribution in [0.2, 0.25) is 0 Å². The Morgan fingerprint density at radius 3 is 2.57 bits per heavy atom. The zero-order chi connectivity index (χ0) is 25.1. The summed E-state index contributed by atoms with van der Waals surface area (Å²) in [4.78, 5) is 74.0. The summed E-state index contributed by atoms with van der Waals surface area (Å²) in [5.74, 6) is -6.88. The molecule has 0 fully saturated rings. The summed E-state index contributed by atoms with van der Waals surface area (Å²) in [6, 6.07) is 11.5. The average molecular weight is 494 g/mol. The Labute approximate surface area is 201 Å². The van der Waals surface area contributed by atoms with Gasteiger partial charge in [-0.2, -0.15) is 0 Å². The molecule has 4 aromatic rings. The summed E-state index contributed by atoms with van der Waals surface area (Å²) >= 11 is 1.08. The van der Waals surface area contributed by atoms with Crippen LogP contribution in [0.15, 0.2) is 47.3 Å². The van der Waals surface area contributed by atoms with Crippen molar-refractivity contribution in [3.8, 4) is 5.75 Å². The predicted octanol–water partition coefficient (Wildman–Crippen LogP) is 1.96. The van der Waals surface area contributed by atoms with Crippen molar-refractivity contribution in [1.29, 1.82) is 0 Å². The zero-order valence-corrected chi connectivity index (χ0v) is 19.3. The predicted molar refractivity (Wildman–Crippen MR) is 127 cm³/mol. The van der Waals surface area contributed by atoms with Crippen molar-refractivity contribution in [2.24, 2.45) is 0 Å². The molecule has 4 rings (SSSR count). The molecule has 0 aliphatic rings. The van der Waals surface area contributed by atoms with Crippen LogP contribution < -0.4 is 15.6 Å². The third-order valence-corrected chi connectivity index (χ3v) is 5.86. The maximum Gasteiger partial charge on any atom is 0.375 e. The van der Waals surface area contributed by atoms with Crippen LogP contribution in [-0.4, -0.2) is 52.1 Å². The third kappa shape index (κ3) is 4.77. The number of nitrogens with zero attached hydrogens (tertiary/aromatic N) is 2. The smallest absolute Gasteiger partial charge is 0.375 e. The number of rotatable bonds is 8. The highest BCUT2D eigenvalue weighted by Gasteiger charge is 2.40. The van der Waals surface area contributed by atoms with Crippen molar-refractivity contribution in [1.82, 2.24) is 15.0 Å². The van der Waals surface area contributed by atoms with E-state index in [0.29, 0.717) is 28.1 Å². The first kappa shape index (κ1) is 23.7. The van der Waals surface area contributed by atoms with E-state index in [1.165, 1.54) is 6.07 Å². The number of hydrogen-bond acceptors (Lipinski definition) is 10. The molecule has 1 atom stereocenters. The largest absolute Gasteiger partial charge is 0.494 e. The Hall–Kier alpha value is -4.45. The van der Waals surface area contributed by atoms with Crippen LogP contribution in [0.3, 0.4) is 0 Å². The molecule has 2 aromatic heterocycles. The van der Waals surface area contributed by atoms with Crippen molar-refractivity contribution in [3.05, 3.63) is 58.5 Å². The van der Waals surface area contributed by atoms with Crippen LogP contribution in [0, 0.1) is 0 Å². The first-order valence-electron chi connectivity index (χ1n) is 10.3. The number of para-hydroxylation sites is 2. The van der Waals surface area contributed by atoms with E-state index in [4.69, 9.17) is 4.74 Å². The molecule has 0 aliphatic carbocycles. The summed E-state index contributed by atoms with van der Waals surface area (Å²) in [5.41, 5.74) is -0.325. The van der Waals surface area contributed by atoms with E-state index in [9.17, 15) is 24.0 Å². The number of hydrogen-bond donors (Lipinski definition) is 2. The first-order valence-corrected chi connectivity index (χ1v) is 11.1. The molecule has 2 N–H and O–H groups in total. The molecule has 2 aromatic carbocycles. The number of carbonyl (C=O) groups is 4. The molecule has 0 spiro atoms. The number of nitrogens with one attached hydrogen (secondary N) is 2. The number of ketones is 2. The van der Waals surface area contributed by atoms with Gasteiger partial charge < -0.3 is 14.5 Å². The van der Waals surface area contributed by atoms with Gasteiger partial charge in [-0.1, -0.05) is 23.5 Å². The van der Waals surface area contributed by atoms with Crippen LogP contribution in [0.25, 0.3) is 21.3 Å². The Kier molecular flexibility index (Phi) is 6.64. The lowest BCUT2D eigenvalue weighted by Gasteiger charge is -2.12. The molecule has 0 unspecified atom stereocenters. The second-order valence-corrected chi connectivity index (χ2v) is 8.19. The number of carbonyl (C=O) groups excluding carboxylic acids is 4. The molecule has 0 bridgehead atoms. The maximum absolute atomic E-state index is 13.1. The van der Waals surface area contributed by atoms with Crippen molar-refractivity contribution in [3.63, 3.8) is 0 Å². The minimum Gasteiger partial charge on any atom is -0.494 e. The Bertz CT molecular complexity index is 1540. The van der Waals surface area contributed by atoms with Gasteiger partial charge in [0.15, 0.2) is 5.13 Å². The SMILES string of the molecule is CCOc1ccc2nc(NC(=O)C(=O)[C@H](C(=O)C(=O)OC)c3nc4ccccc4[nH]c3=O)sc2c1. The van der Waals surface area contributed by atoms with E-state index in [1.54, 1.807) is 36.4 Å². The van der Waals surface area contributed by atoms with E-state index in [1.807, 2.05) is 6.92 Å². The minimum absolute atomic E-state index is 0.0802. The minimum atomic E-state index is -2.10. The number of benzene rings is 2. The molecule has 1 amide bonds. The summed E-state index contributed by atoms with van der Waals surface area (Å²) in [5, 5.41) is 2.42.